The average Bonchev–Trinajstić information content (AvgIpc) is 2.87. The molecule has 2 atom stereocenters. The Labute approximate surface area is 154 Å². The number of rotatable bonds is 10. The molecule has 0 bridgehead atoms. The number of carbonyl (C=O) groups is 1. The van der Waals surface area contributed by atoms with Crippen molar-refractivity contribution in [1.82, 2.24) is 4.90 Å². The number of benzene rings is 1. The first-order valence-electron chi connectivity index (χ1n) is 9.24. The molecule has 0 spiro atoms. The van der Waals surface area contributed by atoms with Crippen molar-refractivity contribution >= 4 is 5.91 Å². The maximum atomic E-state index is 13.0. The van der Waals surface area contributed by atoms with Crippen molar-refractivity contribution < 1.29 is 19.2 Å². The second-order valence-electron chi connectivity index (χ2n) is 6.44. The van der Waals surface area contributed by atoms with Gasteiger partial charge in [-0.1, -0.05) is 25.5 Å². The Morgan fingerprint density at radius 3 is 2.42 bits per heavy atom. The van der Waals surface area contributed by atoms with Gasteiger partial charge in [0.05, 0.1) is 6.54 Å². The lowest BCUT2D eigenvalue weighted by molar-refractivity contribution is -0.526. The normalized spacial score (nSPS) is 17.7. The van der Waals surface area contributed by atoms with E-state index in [1.165, 1.54) is 11.8 Å². The first kappa shape index (κ1) is 20.3. The highest BCUT2D eigenvalue weighted by molar-refractivity contribution is 5.99. The van der Waals surface area contributed by atoms with E-state index < -0.39 is 18.4 Å². The molecule has 1 heterocycles. The molecule has 144 valence electrons. The zero-order valence-electron chi connectivity index (χ0n) is 15.9. The highest BCUT2D eigenvalue weighted by atomic mass is 16.7. The van der Waals surface area contributed by atoms with Gasteiger partial charge in [-0.05, 0) is 37.5 Å². The summed E-state index contributed by atoms with van der Waals surface area (Å²) < 4.78 is 11.1. The summed E-state index contributed by atoms with van der Waals surface area (Å²) in [7, 11) is 0. The van der Waals surface area contributed by atoms with Gasteiger partial charge >= 0.3 is 0 Å². The molecule has 2 unspecified atom stereocenters. The average molecular weight is 364 g/mol. The van der Waals surface area contributed by atoms with Gasteiger partial charge in [0, 0.05) is 30.6 Å². The van der Waals surface area contributed by atoms with Gasteiger partial charge in [-0.25, -0.2) is 0 Å². The van der Waals surface area contributed by atoms with Crippen LogP contribution in [0.25, 0.3) is 0 Å². The van der Waals surface area contributed by atoms with E-state index in [4.69, 9.17) is 9.47 Å². The molecule has 0 N–H and O–H groups in total. The standard InChI is InChI=1S/C19H28N2O5/c1-5-8-14-9-10-15-16(11-14)19(22)20(18(15)13(4)21(23)24)12-17(25-6-2)26-7-3/h9-11,13,17-18H,5-8,12H2,1-4H3. The van der Waals surface area contributed by atoms with Crippen molar-refractivity contribution in [2.24, 2.45) is 0 Å². The Morgan fingerprint density at radius 1 is 1.23 bits per heavy atom. The second kappa shape index (κ2) is 9.09. The summed E-state index contributed by atoms with van der Waals surface area (Å²) in [6.45, 7) is 8.36. The Bertz CT molecular complexity index is 643. The van der Waals surface area contributed by atoms with Crippen molar-refractivity contribution in [2.75, 3.05) is 19.8 Å². The summed E-state index contributed by atoms with van der Waals surface area (Å²) in [5, 5.41) is 11.5. The van der Waals surface area contributed by atoms with E-state index in [1.807, 2.05) is 32.0 Å². The molecule has 2 rings (SSSR count). The van der Waals surface area contributed by atoms with Gasteiger partial charge in [-0.2, -0.15) is 0 Å². The smallest absolute Gasteiger partial charge is 0.255 e. The van der Waals surface area contributed by atoms with Gasteiger partial charge < -0.3 is 14.4 Å². The molecule has 1 aromatic rings. The topological polar surface area (TPSA) is 81.9 Å². The number of nitrogens with zero attached hydrogens (tertiary/aromatic N) is 2. The largest absolute Gasteiger partial charge is 0.351 e. The number of carbonyl (C=O) groups excluding carboxylic acids is 1. The molecule has 26 heavy (non-hydrogen) atoms. The zero-order chi connectivity index (χ0) is 19.3. The summed E-state index contributed by atoms with van der Waals surface area (Å²) >= 11 is 0. The van der Waals surface area contributed by atoms with Gasteiger partial charge in [0.25, 0.3) is 5.91 Å². The van der Waals surface area contributed by atoms with Crippen LogP contribution in [0.5, 0.6) is 0 Å². The highest BCUT2D eigenvalue weighted by Gasteiger charge is 2.45. The van der Waals surface area contributed by atoms with Gasteiger partial charge in [0.15, 0.2) is 6.29 Å². The number of fused-ring (bicyclic) bond motifs is 1. The Hall–Kier alpha value is -1.99. The zero-order valence-corrected chi connectivity index (χ0v) is 15.9. The molecule has 7 nitrogen and oxygen atoms in total. The molecular weight excluding hydrogens is 336 g/mol. The van der Waals surface area contributed by atoms with E-state index in [1.54, 1.807) is 0 Å². The fourth-order valence-corrected chi connectivity index (χ4v) is 3.46. The third-order valence-corrected chi connectivity index (χ3v) is 4.64. The van der Waals surface area contributed by atoms with Crippen LogP contribution >= 0.6 is 0 Å². The fraction of sp³-hybridized carbons (Fsp3) is 0.632. The molecule has 0 fully saturated rings. The first-order valence-corrected chi connectivity index (χ1v) is 9.24. The van der Waals surface area contributed by atoms with Crippen molar-refractivity contribution in [3.05, 3.63) is 45.0 Å². The van der Waals surface area contributed by atoms with Crippen LogP contribution in [-0.2, 0) is 15.9 Å². The molecule has 1 amide bonds. The number of amides is 1. The van der Waals surface area contributed by atoms with E-state index in [2.05, 4.69) is 6.92 Å². The second-order valence-corrected chi connectivity index (χ2v) is 6.44. The van der Waals surface area contributed by atoms with E-state index in [0.717, 1.165) is 18.4 Å². The monoisotopic (exact) mass is 364 g/mol. The van der Waals surface area contributed by atoms with Gasteiger partial charge in [-0.3, -0.25) is 14.9 Å². The molecule has 0 aliphatic carbocycles. The van der Waals surface area contributed by atoms with E-state index in [9.17, 15) is 14.9 Å². The predicted octanol–water partition coefficient (Wildman–Crippen LogP) is 3.20. The number of hydrogen-bond donors (Lipinski definition) is 0. The van der Waals surface area contributed by atoms with Crippen LogP contribution in [0.1, 0.15) is 61.6 Å². The summed E-state index contributed by atoms with van der Waals surface area (Å²) in [6.07, 6.45) is 1.25. The van der Waals surface area contributed by atoms with Crippen LogP contribution in [0.4, 0.5) is 0 Å². The number of ether oxygens (including phenoxy) is 2. The minimum atomic E-state index is -0.916. The van der Waals surface area contributed by atoms with Crippen LogP contribution in [-0.4, -0.2) is 47.8 Å². The van der Waals surface area contributed by atoms with Crippen molar-refractivity contribution in [1.29, 1.82) is 0 Å². The molecule has 1 aliphatic rings. The van der Waals surface area contributed by atoms with Crippen molar-refractivity contribution in [2.45, 2.75) is 58.9 Å². The third kappa shape index (κ3) is 4.22. The van der Waals surface area contributed by atoms with Crippen LogP contribution < -0.4 is 0 Å². The van der Waals surface area contributed by atoms with E-state index >= 15 is 0 Å². The minimum Gasteiger partial charge on any atom is -0.351 e. The molecule has 7 heteroatoms. The van der Waals surface area contributed by atoms with Crippen LogP contribution in [0.2, 0.25) is 0 Å². The van der Waals surface area contributed by atoms with Gasteiger partial charge in [-0.15, -0.1) is 0 Å². The number of aryl methyl sites for hydroxylation is 1. The number of hydrogen-bond acceptors (Lipinski definition) is 5. The SMILES string of the molecule is CCCc1ccc2c(c1)C(=O)N(CC(OCC)OCC)C2C(C)[N+](=O)[O-]. The maximum absolute atomic E-state index is 13.0. The van der Waals surface area contributed by atoms with Crippen molar-refractivity contribution in [3.63, 3.8) is 0 Å². The summed E-state index contributed by atoms with van der Waals surface area (Å²) in [5.41, 5.74) is 2.34. The van der Waals surface area contributed by atoms with Crippen molar-refractivity contribution in [3.8, 4) is 0 Å². The highest BCUT2D eigenvalue weighted by Crippen LogP contribution is 2.37. The van der Waals surface area contributed by atoms with Gasteiger partial charge in [0.1, 0.15) is 6.04 Å². The Morgan fingerprint density at radius 2 is 1.88 bits per heavy atom. The molecule has 0 saturated carbocycles. The van der Waals surface area contributed by atoms with Crippen LogP contribution in [0.15, 0.2) is 18.2 Å². The number of nitro groups is 1. The quantitative estimate of drug-likeness (QED) is 0.362. The maximum Gasteiger partial charge on any atom is 0.255 e. The lowest BCUT2D eigenvalue weighted by atomic mass is 9.96. The van der Waals surface area contributed by atoms with Crippen LogP contribution in [0, 0.1) is 10.1 Å². The van der Waals surface area contributed by atoms with Gasteiger partial charge in [0.2, 0.25) is 6.04 Å². The molecule has 0 aromatic heterocycles. The van der Waals surface area contributed by atoms with Crippen LogP contribution in [0.3, 0.4) is 0 Å². The summed E-state index contributed by atoms with van der Waals surface area (Å²) in [5.74, 6) is -0.193. The molecule has 1 aromatic carbocycles. The summed E-state index contributed by atoms with van der Waals surface area (Å²) in [6, 6.07) is 4.16. The third-order valence-electron chi connectivity index (χ3n) is 4.64. The van der Waals surface area contributed by atoms with E-state index in [0.29, 0.717) is 24.3 Å². The predicted molar refractivity (Wildman–Crippen MR) is 97.7 cm³/mol. The minimum absolute atomic E-state index is 0.168. The lowest BCUT2D eigenvalue weighted by Crippen LogP contribution is -2.43. The lowest BCUT2D eigenvalue weighted by Gasteiger charge is -2.29. The Balaban J connectivity index is 2.38. The Kier molecular flexibility index (Phi) is 7.11. The first-order chi connectivity index (χ1) is 12.4. The van der Waals surface area contributed by atoms with E-state index in [-0.39, 0.29) is 17.4 Å². The molecule has 0 radical (unpaired) electrons. The summed E-state index contributed by atoms with van der Waals surface area (Å²) in [4.78, 5) is 25.7. The molecule has 0 saturated heterocycles. The fourth-order valence-electron chi connectivity index (χ4n) is 3.46. The molecule has 1 aliphatic heterocycles. The molecular formula is C19H28N2O5.